The first kappa shape index (κ1) is 12.5. The first-order chi connectivity index (χ1) is 7.61. The fourth-order valence-electron chi connectivity index (χ4n) is 1.71. The molecule has 2 aromatic rings. The average molecular weight is 220 g/mol. The minimum absolute atomic E-state index is 0.387. The summed E-state index contributed by atoms with van der Waals surface area (Å²) in [6, 6.07) is 0.387. The minimum atomic E-state index is 0.387. The van der Waals surface area contributed by atoms with Gasteiger partial charge in [0.15, 0.2) is 5.82 Å². The Kier molecular flexibility index (Phi) is 3.88. The number of aromatic nitrogens is 3. The number of nitrogen functional groups attached to an aromatic ring is 1. The predicted molar refractivity (Wildman–Crippen MR) is 68.4 cm³/mol. The van der Waals surface area contributed by atoms with Gasteiger partial charge in [0.2, 0.25) is 0 Å². The molecule has 0 spiro atoms. The normalized spacial score (nSPS) is 10.4. The summed E-state index contributed by atoms with van der Waals surface area (Å²) in [7, 11) is 0. The maximum atomic E-state index is 5.81. The summed E-state index contributed by atoms with van der Waals surface area (Å²) in [5.74, 6) is 0.504. The van der Waals surface area contributed by atoms with Crippen LogP contribution in [0.4, 0.5) is 5.82 Å². The molecule has 0 fully saturated rings. The van der Waals surface area contributed by atoms with Crippen LogP contribution < -0.4 is 5.73 Å². The molecule has 4 heteroatoms. The highest BCUT2D eigenvalue weighted by atomic mass is 15.2. The molecule has 0 saturated carbocycles. The van der Waals surface area contributed by atoms with Crippen LogP contribution in [0, 0.1) is 6.92 Å². The van der Waals surface area contributed by atoms with Crippen molar-refractivity contribution in [3.05, 3.63) is 18.0 Å². The van der Waals surface area contributed by atoms with E-state index in [0.717, 1.165) is 10.9 Å². The monoisotopic (exact) mass is 220 g/mol. The van der Waals surface area contributed by atoms with Crippen LogP contribution in [0.15, 0.2) is 12.4 Å². The SMILES string of the molecule is CC.Cc1cn(C(C)C)c2c(N)nncc12. The van der Waals surface area contributed by atoms with Crippen molar-refractivity contribution in [2.75, 3.05) is 5.73 Å². The van der Waals surface area contributed by atoms with Gasteiger partial charge in [-0.1, -0.05) is 13.8 Å². The summed E-state index contributed by atoms with van der Waals surface area (Å²) in [6.45, 7) is 10.3. The van der Waals surface area contributed by atoms with Crippen LogP contribution >= 0.6 is 0 Å². The molecule has 0 aromatic carbocycles. The van der Waals surface area contributed by atoms with Crippen LogP contribution in [0.1, 0.15) is 39.3 Å². The summed E-state index contributed by atoms with van der Waals surface area (Å²) in [5.41, 5.74) is 8.00. The van der Waals surface area contributed by atoms with E-state index >= 15 is 0 Å². The van der Waals surface area contributed by atoms with Crippen molar-refractivity contribution in [3.63, 3.8) is 0 Å². The smallest absolute Gasteiger partial charge is 0.170 e. The van der Waals surface area contributed by atoms with Gasteiger partial charge in [0.05, 0.1) is 11.7 Å². The zero-order chi connectivity index (χ0) is 12.3. The minimum Gasteiger partial charge on any atom is -0.380 e. The topological polar surface area (TPSA) is 56.7 Å². The lowest BCUT2D eigenvalue weighted by Gasteiger charge is -2.09. The zero-order valence-electron chi connectivity index (χ0n) is 10.7. The van der Waals surface area contributed by atoms with Crippen molar-refractivity contribution in [3.8, 4) is 0 Å². The molecule has 0 aliphatic carbocycles. The van der Waals surface area contributed by atoms with Gasteiger partial charge in [-0.3, -0.25) is 0 Å². The Labute approximate surface area is 96.5 Å². The summed E-state index contributed by atoms with van der Waals surface area (Å²) in [6.07, 6.45) is 3.86. The van der Waals surface area contributed by atoms with E-state index in [1.54, 1.807) is 6.20 Å². The number of rotatable bonds is 1. The van der Waals surface area contributed by atoms with Crippen molar-refractivity contribution in [1.29, 1.82) is 0 Å². The van der Waals surface area contributed by atoms with Gasteiger partial charge in [-0.15, -0.1) is 5.10 Å². The summed E-state index contributed by atoms with van der Waals surface area (Å²) < 4.78 is 2.13. The maximum absolute atomic E-state index is 5.81. The molecule has 0 radical (unpaired) electrons. The molecule has 0 amide bonds. The van der Waals surface area contributed by atoms with Crippen LogP contribution in [-0.4, -0.2) is 14.8 Å². The lowest BCUT2D eigenvalue weighted by Crippen LogP contribution is -2.02. The van der Waals surface area contributed by atoms with Crippen molar-refractivity contribution in [2.45, 2.75) is 40.7 Å². The summed E-state index contributed by atoms with van der Waals surface area (Å²) >= 11 is 0. The van der Waals surface area contributed by atoms with Gasteiger partial charge in [0, 0.05) is 17.6 Å². The lowest BCUT2D eigenvalue weighted by atomic mass is 10.2. The highest BCUT2D eigenvalue weighted by molar-refractivity contribution is 5.90. The largest absolute Gasteiger partial charge is 0.380 e. The lowest BCUT2D eigenvalue weighted by molar-refractivity contribution is 0.621. The second-order valence-corrected chi connectivity index (χ2v) is 3.81. The zero-order valence-corrected chi connectivity index (χ0v) is 10.7. The number of aryl methyl sites for hydroxylation is 1. The standard InChI is InChI=1S/C10H14N4.C2H6/c1-6(2)14-5-7(3)8-4-12-13-10(11)9(8)14;1-2/h4-6H,1-3H3,(H2,11,13);1-2H3. The molecule has 0 unspecified atom stereocenters. The van der Waals surface area contributed by atoms with Crippen molar-refractivity contribution in [2.24, 2.45) is 0 Å². The highest BCUT2D eigenvalue weighted by Gasteiger charge is 2.11. The Balaban J connectivity index is 0.000000606. The molecule has 2 N–H and O–H groups in total. The Bertz CT molecular complexity index is 471. The van der Waals surface area contributed by atoms with Gasteiger partial charge < -0.3 is 10.3 Å². The second kappa shape index (κ2) is 4.96. The van der Waals surface area contributed by atoms with Crippen LogP contribution in [0.2, 0.25) is 0 Å². The molecule has 0 bridgehead atoms. The first-order valence-corrected chi connectivity index (χ1v) is 5.69. The molecule has 2 rings (SSSR count). The van der Waals surface area contributed by atoms with Crippen LogP contribution in [0.5, 0.6) is 0 Å². The average Bonchev–Trinajstić information content (AvgIpc) is 2.61. The Morgan fingerprint density at radius 1 is 1.31 bits per heavy atom. The van der Waals surface area contributed by atoms with E-state index in [2.05, 4.69) is 41.7 Å². The van der Waals surface area contributed by atoms with Gasteiger partial charge in [0.1, 0.15) is 0 Å². The van der Waals surface area contributed by atoms with Crippen molar-refractivity contribution in [1.82, 2.24) is 14.8 Å². The van der Waals surface area contributed by atoms with Crippen molar-refractivity contribution >= 4 is 16.7 Å². The third-order valence-corrected chi connectivity index (χ3v) is 2.42. The Hall–Kier alpha value is -1.58. The second-order valence-electron chi connectivity index (χ2n) is 3.81. The third-order valence-electron chi connectivity index (χ3n) is 2.42. The van der Waals surface area contributed by atoms with Crippen LogP contribution in [-0.2, 0) is 0 Å². The van der Waals surface area contributed by atoms with E-state index in [0.29, 0.717) is 11.9 Å². The van der Waals surface area contributed by atoms with Crippen LogP contribution in [0.25, 0.3) is 10.9 Å². The van der Waals surface area contributed by atoms with Gasteiger partial charge in [-0.25, -0.2) is 0 Å². The molecule has 0 aliphatic heterocycles. The predicted octanol–water partition coefficient (Wildman–Crippen LogP) is 2.93. The van der Waals surface area contributed by atoms with Gasteiger partial charge >= 0.3 is 0 Å². The number of hydrogen-bond acceptors (Lipinski definition) is 3. The maximum Gasteiger partial charge on any atom is 0.170 e. The number of anilines is 1. The number of nitrogens with zero attached hydrogens (tertiary/aromatic N) is 3. The van der Waals surface area contributed by atoms with E-state index in [1.165, 1.54) is 5.56 Å². The molecule has 2 heterocycles. The fraction of sp³-hybridized carbons (Fsp3) is 0.500. The third kappa shape index (κ3) is 2.01. The molecular formula is C12H20N4. The number of nitrogens with two attached hydrogens (primary N) is 1. The van der Waals surface area contributed by atoms with E-state index in [9.17, 15) is 0 Å². The van der Waals surface area contributed by atoms with Gasteiger partial charge in [-0.05, 0) is 26.3 Å². The Morgan fingerprint density at radius 3 is 2.50 bits per heavy atom. The quantitative estimate of drug-likeness (QED) is 0.803. The highest BCUT2D eigenvalue weighted by Crippen LogP contribution is 2.26. The first-order valence-electron chi connectivity index (χ1n) is 5.69. The molecular weight excluding hydrogens is 200 g/mol. The number of fused-ring (bicyclic) bond motifs is 1. The molecule has 4 nitrogen and oxygen atoms in total. The molecule has 88 valence electrons. The van der Waals surface area contributed by atoms with E-state index < -0.39 is 0 Å². The summed E-state index contributed by atoms with van der Waals surface area (Å²) in [5, 5.41) is 8.82. The van der Waals surface area contributed by atoms with Gasteiger partial charge in [0.25, 0.3) is 0 Å². The van der Waals surface area contributed by atoms with E-state index in [-0.39, 0.29) is 0 Å². The molecule has 0 atom stereocenters. The molecule has 16 heavy (non-hydrogen) atoms. The fourth-order valence-corrected chi connectivity index (χ4v) is 1.71. The number of hydrogen-bond donors (Lipinski definition) is 1. The molecule has 0 saturated heterocycles. The van der Waals surface area contributed by atoms with E-state index in [4.69, 9.17) is 5.73 Å². The van der Waals surface area contributed by atoms with Crippen molar-refractivity contribution < 1.29 is 0 Å². The Morgan fingerprint density at radius 2 is 1.94 bits per heavy atom. The van der Waals surface area contributed by atoms with E-state index in [1.807, 2.05) is 13.8 Å². The van der Waals surface area contributed by atoms with Gasteiger partial charge in [-0.2, -0.15) is 5.10 Å². The molecule has 0 aliphatic rings. The summed E-state index contributed by atoms with van der Waals surface area (Å²) in [4.78, 5) is 0. The van der Waals surface area contributed by atoms with Crippen LogP contribution in [0.3, 0.4) is 0 Å². The molecule has 2 aromatic heterocycles.